The van der Waals surface area contributed by atoms with Gasteiger partial charge in [-0.2, -0.15) is 17.9 Å². The zero-order valence-corrected chi connectivity index (χ0v) is 17.6. The van der Waals surface area contributed by atoms with Gasteiger partial charge < -0.3 is 10.1 Å². The molecule has 0 unspecified atom stereocenters. The van der Waals surface area contributed by atoms with Crippen molar-refractivity contribution >= 4 is 15.9 Å². The zero-order valence-electron chi connectivity index (χ0n) is 16.8. The number of terminal acetylenes is 1. The minimum Gasteiger partial charge on any atom is -0.491 e. The fourth-order valence-electron chi connectivity index (χ4n) is 2.60. The van der Waals surface area contributed by atoms with Crippen LogP contribution in [-0.4, -0.2) is 27.0 Å². The lowest BCUT2D eigenvalue weighted by Gasteiger charge is -2.17. The maximum atomic E-state index is 13.4. The normalized spacial score (nSPS) is 11.8. The molecule has 1 amide bonds. The SMILES string of the molecule is C#CCNS(=O)(=O)c1ccc(C(=O)NCc2ccc(OC(C)C)cc2C(F)(F)F)cc1. The molecule has 0 saturated carbocycles. The smallest absolute Gasteiger partial charge is 0.416 e. The van der Waals surface area contributed by atoms with E-state index in [-0.39, 0.29) is 41.0 Å². The van der Waals surface area contributed by atoms with Gasteiger partial charge in [-0.05, 0) is 55.8 Å². The number of rotatable bonds is 8. The molecule has 0 heterocycles. The van der Waals surface area contributed by atoms with Gasteiger partial charge in [-0.1, -0.05) is 12.0 Å². The van der Waals surface area contributed by atoms with Crippen LogP contribution >= 0.6 is 0 Å². The monoisotopic (exact) mass is 454 g/mol. The van der Waals surface area contributed by atoms with E-state index in [1.165, 1.54) is 36.4 Å². The Labute approximate surface area is 178 Å². The Balaban J connectivity index is 2.14. The van der Waals surface area contributed by atoms with Gasteiger partial charge >= 0.3 is 6.18 Å². The summed E-state index contributed by atoms with van der Waals surface area (Å²) >= 11 is 0. The van der Waals surface area contributed by atoms with Gasteiger partial charge in [-0.15, -0.1) is 6.42 Å². The lowest BCUT2D eigenvalue weighted by molar-refractivity contribution is -0.138. The molecule has 0 radical (unpaired) electrons. The van der Waals surface area contributed by atoms with Gasteiger partial charge in [0.15, 0.2) is 0 Å². The number of carbonyl (C=O) groups is 1. The van der Waals surface area contributed by atoms with Crippen molar-refractivity contribution in [3.8, 4) is 18.1 Å². The molecule has 2 aromatic carbocycles. The van der Waals surface area contributed by atoms with E-state index in [1.807, 2.05) is 0 Å². The summed E-state index contributed by atoms with van der Waals surface area (Å²) in [6, 6.07) is 8.45. The van der Waals surface area contributed by atoms with E-state index in [0.29, 0.717) is 0 Å². The number of nitrogens with one attached hydrogen (secondary N) is 2. The average molecular weight is 454 g/mol. The molecule has 0 aliphatic rings. The van der Waals surface area contributed by atoms with Crippen LogP contribution in [0.4, 0.5) is 13.2 Å². The van der Waals surface area contributed by atoms with Crippen molar-refractivity contribution in [1.29, 1.82) is 0 Å². The first-order valence-corrected chi connectivity index (χ1v) is 10.6. The average Bonchev–Trinajstić information content (AvgIpc) is 2.70. The predicted octanol–water partition coefficient (Wildman–Crippen LogP) is 3.33. The molecule has 31 heavy (non-hydrogen) atoms. The molecule has 0 spiro atoms. The Hall–Kier alpha value is -3.03. The third kappa shape index (κ3) is 6.73. The topological polar surface area (TPSA) is 84.5 Å². The summed E-state index contributed by atoms with van der Waals surface area (Å²) in [5.41, 5.74) is -0.953. The molecule has 166 valence electrons. The van der Waals surface area contributed by atoms with Crippen LogP contribution in [0.3, 0.4) is 0 Å². The van der Waals surface area contributed by atoms with E-state index in [9.17, 15) is 26.4 Å². The first-order chi connectivity index (χ1) is 14.4. The minimum atomic E-state index is -4.63. The number of benzene rings is 2. The van der Waals surface area contributed by atoms with E-state index in [1.54, 1.807) is 13.8 Å². The lowest BCUT2D eigenvalue weighted by Crippen LogP contribution is -2.25. The Morgan fingerprint density at radius 3 is 2.35 bits per heavy atom. The number of hydrogen-bond acceptors (Lipinski definition) is 4. The summed E-state index contributed by atoms with van der Waals surface area (Å²) < 4.78 is 71.7. The molecule has 0 saturated heterocycles. The number of alkyl halides is 3. The maximum absolute atomic E-state index is 13.4. The highest BCUT2D eigenvalue weighted by Gasteiger charge is 2.34. The van der Waals surface area contributed by atoms with Gasteiger partial charge in [0.25, 0.3) is 5.91 Å². The van der Waals surface area contributed by atoms with Crippen LogP contribution in [0, 0.1) is 12.3 Å². The Morgan fingerprint density at radius 2 is 1.81 bits per heavy atom. The van der Waals surface area contributed by atoms with Crippen molar-refractivity contribution in [3.63, 3.8) is 0 Å². The summed E-state index contributed by atoms with van der Waals surface area (Å²) in [6.07, 6.45) is 0.0998. The van der Waals surface area contributed by atoms with Crippen molar-refractivity contribution in [2.45, 2.75) is 37.6 Å². The number of amides is 1. The van der Waals surface area contributed by atoms with E-state index < -0.39 is 27.7 Å². The van der Waals surface area contributed by atoms with Crippen LogP contribution in [0.2, 0.25) is 0 Å². The molecule has 2 N–H and O–H groups in total. The van der Waals surface area contributed by atoms with Gasteiger partial charge in [0.2, 0.25) is 10.0 Å². The Bertz CT molecular complexity index is 1070. The molecular weight excluding hydrogens is 433 g/mol. The zero-order chi connectivity index (χ0) is 23.2. The fourth-order valence-corrected chi connectivity index (χ4v) is 3.54. The first-order valence-electron chi connectivity index (χ1n) is 9.12. The van der Waals surface area contributed by atoms with Crippen LogP contribution in [-0.2, 0) is 22.7 Å². The minimum absolute atomic E-state index is 0.0765. The van der Waals surface area contributed by atoms with Crippen molar-refractivity contribution in [1.82, 2.24) is 10.0 Å². The second-order valence-corrected chi connectivity index (χ2v) is 8.49. The maximum Gasteiger partial charge on any atom is 0.416 e. The Morgan fingerprint density at radius 1 is 1.16 bits per heavy atom. The van der Waals surface area contributed by atoms with Crippen LogP contribution in [0.25, 0.3) is 0 Å². The number of hydrogen-bond donors (Lipinski definition) is 2. The van der Waals surface area contributed by atoms with Gasteiger partial charge in [-0.3, -0.25) is 4.79 Å². The second-order valence-electron chi connectivity index (χ2n) is 6.72. The van der Waals surface area contributed by atoms with Crippen LogP contribution < -0.4 is 14.8 Å². The van der Waals surface area contributed by atoms with Gasteiger partial charge in [-0.25, -0.2) is 8.42 Å². The first kappa shape index (κ1) is 24.2. The summed E-state index contributed by atoms with van der Waals surface area (Å²) in [4.78, 5) is 12.2. The van der Waals surface area contributed by atoms with Crippen molar-refractivity contribution < 1.29 is 31.1 Å². The third-order valence-corrected chi connectivity index (χ3v) is 5.41. The van der Waals surface area contributed by atoms with E-state index in [4.69, 9.17) is 11.2 Å². The number of halogens is 3. The molecule has 2 rings (SSSR count). The second kappa shape index (κ2) is 9.85. The van der Waals surface area contributed by atoms with Crippen LogP contribution in [0.5, 0.6) is 5.75 Å². The van der Waals surface area contributed by atoms with Crippen LogP contribution in [0.1, 0.15) is 35.3 Å². The van der Waals surface area contributed by atoms with Crippen molar-refractivity contribution in [2.75, 3.05) is 6.54 Å². The molecule has 10 heteroatoms. The van der Waals surface area contributed by atoms with Crippen molar-refractivity contribution in [3.05, 3.63) is 59.2 Å². The molecule has 0 aliphatic heterocycles. The molecule has 0 bridgehead atoms. The molecule has 2 aromatic rings. The molecule has 0 fully saturated rings. The summed E-state index contributed by atoms with van der Waals surface area (Å²) in [5.74, 6) is 1.56. The predicted molar refractivity (Wildman–Crippen MR) is 109 cm³/mol. The highest BCUT2D eigenvalue weighted by molar-refractivity contribution is 7.89. The number of ether oxygens (including phenoxy) is 1. The van der Waals surface area contributed by atoms with E-state index in [0.717, 1.165) is 6.07 Å². The third-order valence-electron chi connectivity index (χ3n) is 3.99. The molecular formula is C21H21F3N2O4S. The van der Waals surface area contributed by atoms with Crippen molar-refractivity contribution in [2.24, 2.45) is 0 Å². The number of carbonyl (C=O) groups excluding carboxylic acids is 1. The Kier molecular flexibility index (Phi) is 7.70. The summed E-state index contributed by atoms with van der Waals surface area (Å²) in [6.45, 7) is 2.83. The lowest BCUT2D eigenvalue weighted by atomic mass is 10.1. The molecule has 0 aliphatic carbocycles. The highest BCUT2D eigenvalue weighted by atomic mass is 32.2. The summed E-state index contributed by atoms with van der Waals surface area (Å²) in [5, 5.41) is 2.41. The van der Waals surface area contributed by atoms with Gasteiger partial charge in [0.05, 0.1) is 23.1 Å². The largest absolute Gasteiger partial charge is 0.491 e. The van der Waals surface area contributed by atoms with E-state index >= 15 is 0 Å². The van der Waals surface area contributed by atoms with Crippen LogP contribution in [0.15, 0.2) is 47.4 Å². The molecule has 6 nitrogen and oxygen atoms in total. The standard InChI is InChI=1S/C21H21F3N2O4S/c1-4-11-26-31(28,29)18-9-6-15(7-10-18)20(27)25-13-16-5-8-17(30-14(2)3)12-19(16)21(22,23)24/h1,5-10,12,14,26H,11,13H2,2-3H3,(H,25,27). The quantitative estimate of drug-likeness (QED) is 0.600. The van der Waals surface area contributed by atoms with E-state index in [2.05, 4.69) is 16.0 Å². The molecule has 0 aromatic heterocycles. The number of sulfonamides is 1. The molecule has 0 atom stereocenters. The summed E-state index contributed by atoms with van der Waals surface area (Å²) in [7, 11) is -3.82. The fraction of sp³-hybridized carbons (Fsp3) is 0.286. The van der Waals surface area contributed by atoms with Gasteiger partial charge in [0, 0.05) is 12.1 Å². The van der Waals surface area contributed by atoms with Gasteiger partial charge in [0.1, 0.15) is 5.75 Å². The highest BCUT2D eigenvalue weighted by Crippen LogP contribution is 2.34.